The summed E-state index contributed by atoms with van der Waals surface area (Å²) in [5, 5.41) is 10.3. The summed E-state index contributed by atoms with van der Waals surface area (Å²) >= 11 is 0. The molecule has 1 aromatic carbocycles. The fourth-order valence-corrected chi connectivity index (χ4v) is 1.02. The van der Waals surface area contributed by atoms with Crippen LogP contribution in [0, 0.1) is 10.1 Å². The summed E-state index contributed by atoms with van der Waals surface area (Å²) in [7, 11) is 0. The zero-order valence-electron chi connectivity index (χ0n) is 7.62. The summed E-state index contributed by atoms with van der Waals surface area (Å²) in [6, 6.07) is 2.16. The molecule has 0 saturated heterocycles. The molecule has 4 nitrogen and oxygen atoms in total. The first kappa shape index (κ1) is 12.2. The third-order valence-electron chi connectivity index (χ3n) is 1.55. The predicted molar refractivity (Wildman–Crippen MR) is 44.6 cm³/mol. The Kier molecular flexibility index (Phi) is 3.31. The maximum absolute atomic E-state index is 12.2. The topological polar surface area (TPSA) is 52.4 Å². The average Bonchev–Trinajstić information content (AvgIpc) is 2.14. The largest absolute Gasteiger partial charge is 0.573 e. The van der Waals surface area contributed by atoms with Gasteiger partial charge in [0.25, 0.3) is 5.69 Å². The van der Waals surface area contributed by atoms with Crippen LogP contribution in [0.25, 0.3) is 0 Å². The minimum atomic E-state index is -4.97. The van der Waals surface area contributed by atoms with Gasteiger partial charge in [0, 0.05) is 6.07 Å². The van der Waals surface area contributed by atoms with Crippen molar-refractivity contribution < 1.29 is 27.2 Å². The van der Waals surface area contributed by atoms with E-state index in [9.17, 15) is 27.7 Å². The summed E-state index contributed by atoms with van der Waals surface area (Å²) in [6.45, 7) is -1.12. The second-order valence-corrected chi connectivity index (χ2v) is 2.77. The van der Waals surface area contributed by atoms with Crippen molar-refractivity contribution in [3.63, 3.8) is 0 Å². The summed E-state index contributed by atoms with van der Waals surface area (Å²) in [5.41, 5.74) is -0.914. The van der Waals surface area contributed by atoms with Crippen LogP contribution >= 0.6 is 0 Å². The van der Waals surface area contributed by atoms with Gasteiger partial charge in [-0.15, -0.1) is 13.2 Å². The van der Waals surface area contributed by atoms with E-state index in [0.29, 0.717) is 6.07 Å². The van der Waals surface area contributed by atoms with Crippen LogP contribution in [0.2, 0.25) is 0 Å². The molecule has 0 bridgehead atoms. The SMILES string of the molecule is O=[N+]([O-])c1cc(CF)cc(OC(F)(F)F)c1. The van der Waals surface area contributed by atoms with Crippen molar-refractivity contribution in [1.82, 2.24) is 0 Å². The van der Waals surface area contributed by atoms with Gasteiger partial charge in [-0.2, -0.15) is 0 Å². The van der Waals surface area contributed by atoms with Crippen LogP contribution in [0.15, 0.2) is 18.2 Å². The molecule has 0 heterocycles. The summed E-state index contributed by atoms with van der Waals surface area (Å²) in [6.07, 6.45) is -4.97. The summed E-state index contributed by atoms with van der Waals surface area (Å²) < 4.78 is 51.2. The minimum Gasteiger partial charge on any atom is -0.406 e. The fraction of sp³-hybridized carbons (Fsp3) is 0.250. The van der Waals surface area contributed by atoms with Crippen molar-refractivity contribution in [2.24, 2.45) is 0 Å². The van der Waals surface area contributed by atoms with Gasteiger partial charge in [-0.1, -0.05) is 0 Å². The number of rotatable bonds is 3. The van der Waals surface area contributed by atoms with Gasteiger partial charge in [0.1, 0.15) is 12.4 Å². The van der Waals surface area contributed by atoms with E-state index in [1.54, 1.807) is 0 Å². The number of ether oxygens (including phenoxy) is 1. The molecule has 1 rings (SSSR count). The molecule has 0 radical (unpaired) electrons. The number of halogens is 4. The lowest BCUT2D eigenvalue weighted by molar-refractivity contribution is -0.385. The Bertz CT molecular complexity index is 405. The van der Waals surface area contributed by atoms with Crippen molar-refractivity contribution in [3.8, 4) is 5.75 Å². The molecule has 0 fully saturated rings. The molecule has 0 aliphatic rings. The van der Waals surface area contributed by atoms with Crippen LogP contribution in [0.1, 0.15) is 5.56 Å². The third-order valence-corrected chi connectivity index (χ3v) is 1.55. The molecular weight excluding hydrogens is 234 g/mol. The molecule has 0 N–H and O–H groups in total. The van der Waals surface area contributed by atoms with Crippen LogP contribution < -0.4 is 4.74 Å². The molecule has 1 aromatic rings. The molecule has 0 atom stereocenters. The Balaban J connectivity index is 3.09. The average molecular weight is 239 g/mol. The molecule has 0 amide bonds. The highest BCUT2D eigenvalue weighted by Gasteiger charge is 2.31. The summed E-state index contributed by atoms with van der Waals surface area (Å²) in [5.74, 6) is -0.811. The molecule has 0 aromatic heterocycles. The number of hydrogen-bond acceptors (Lipinski definition) is 3. The van der Waals surface area contributed by atoms with Gasteiger partial charge in [-0.25, -0.2) is 4.39 Å². The first-order valence-electron chi connectivity index (χ1n) is 3.92. The monoisotopic (exact) mass is 239 g/mol. The second kappa shape index (κ2) is 4.33. The molecular formula is C8H5F4NO3. The lowest BCUT2D eigenvalue weighted by atomic mass is 10.2. The first-order valence-corrected chi connectivity index (χ1v) is 3.92. The molecule has 88 valence electrons. The van der Waals surface area contributed by atoms with E-state index in [-0.39, 0.29) is 5.56 Å². The Morgan fingerprint density at radius 1 is 1.31 bits per heavy atom. The third kappa shape index (κ3) is 3.37. The van der Waals surface area contributed by atoms with Gasteiger partial charge in [-0.05, 0) is 11.6 Å². The Labute approximate surface area is 86.6 Å². The van der Waals surface area contributed by atoms with E-state index in [0.717, 1.165) is 12.1 Å². The van der Waals surface area contributed by atoms with Gasteiger partial charge in [0.15, 0.2) is 0 Å². The fourth-order valence-electron chi connectivity index (χ4n) is 1.02. The Morgan fingerprint density at radius 2 is 1.94 bits per heavy atom. The Hall–Kier alpha value is -1.86. The van der Waals surface area contributed by atoms with Crippen LogP contribution in [0.4, 0.5) is 23.2 Å². The number of benzene rings is 1. The molecule has 0 spiro atoms. The van der Waals surface area contributed by atoms with Crippen molar-refractivity contribution in [3.05, 3.63) is 33.9 Å². The molecule has 0 aliphatic carbocycles. The van der Waals surface area contributed by atoms with Crippen LogP contribution in [0.3, 0.4) is 0 Å². The number of nitrogens with zero attached hydrogens (tertiary/aromatic N) is 1. The van der Waals surface area contributed by atoms with Crippen molar-refractivity contribution >= 4 is 5.69 Å². The number of nitro groups is 1. The first-order chi connectivity index (χ1) is 7.31. The van der Waals surface area contributed by atoms with Crippen LogP contribution in [-0.2, 0) is 6.67 Å². The number of hydrogen-bond donors (Lipinski definition) is 0. The van der Waals surface area contributed by atoms with Crippen molar-refractivity contribution in [2.45, 2.75) is 13.0 Å². The highest BCUT2D eigenvalue weighted by molar-refractivity contribution is 5.42. The maximum atomic E-state index is 12.2. The standard InChI is InChI=1S/C8H5F4NO3/c9-4-5-1-6(13(14)15)3-7(2-5)16-8(10,11)12/h1-3H,4H2. The zero-order valence-corrected chi connectivity index (χ0v) is 7.62. The van der Waals surface area contributed by atoms with Gasteiger partial charge in [0.05, 0.1) is 11.0 Å². The van der Waals surface area contributed by atoms with Crippen molar-refractivity contribution in [2.75, 3.05) is 0 Å². The zero-order chi connectivity index (χ0) is 12.3. The van der Waals surface area contributed by atoms with Crippen LogP contribution in [-0.4, -0.2) is 11.3 Å². The number of nitro benzene ring substituents is 1. The summed E-state index contributed by atoms with van der Waals surface area (Å²) in [4.78, 5) is 9.41. The van der Waals surface area contributed by atoms with Gasteiger partial charge < -0.3 is 4.74 Å². The second-order valence-electron chi connectivity index (χ2n) is 2.77. The van der Waals surface area contributed by atoms with Gasteiger partial charge >= 0.3 is 6.36 Å². The van der Waals surface area contributed by atoms with E-state index in [1.807, 2.05) is 0 Å². The van der Waals surface area contributed by atoms with E-state index < -0.39 is 29.4 Å². The quantitative estimate of drug-likeness (QED) is 0.463. The highest BCUT2D eigenvalue weighted by atomic mass is 19.4. The van der Waals surface area contributed by atoms with E-state index >= 15 is 0 Å². The molecule has 0 aliphatic heterocycles. The minimum absolute atomic E-state index is 0.256. The molecule has 16 heavy (non-hydrogen) atoms. The van der Waals surface area contributed by atoms with E-state index in [2.05, 4.69) is 4.74 Å². The number of non-ortho nitro benzene ring substituents is 1. The molecule has 0 unspecified atom stereocenters. The highest BCUT2D eigenvalue weighted by Crippen LogP contribution is 2.28. The predicted octanol–water partition coefficient (Wildman–Crippen LogP) is 2.96. The lowest BCUT2D eigenvalue weighted by Crippen LogP contribution is -2.17. The number of alkyl halides is 4. The van der Waals surface area contributed by atoms with E-state index in [1.165, 1.54) is 0 Å². The smallest absolute Gasteiger partial charge is 0.406 e. The van der Waals surface area contributed by atoms with Gasteiger partial charge in [-0.3, -0.25) is 10.1 Å². The normalized spacial score (nSPS) is 11.2. The molecule has 8 heteroatoms. The van der Waals surface area contributed by atoms with Crippen LogP contribution in [0.5, 0.6) is 5.75 Å². The maximum Gasteiger partial charge on any atom is 0.573 e. The lowest BCUT2D eigenvalue weighted by Gasteiger charge is -2.09. The van der Waals surface area contributed by atoms with E-state index in [4.69, 9.17) is 0 Å². The van der Waals surface area contributed by atoms with Gasteiger partial charge in [0.2, 0.25) is 0 Å². The molecule has 0 saturated carbocycles. The Morgan fingerprint density at radius 3 is 2.38 bits per heavy atom. The van der Waals surface area contributed by atoms with Crippen molar-refractivity contribution in [1.29, 1.82) is 0 Å².